The predicted molar refractivity (Wildman–Crippen MR) is 82.9 cm³/mol. The van der Waals surface area contributed by atoms with Crippen LogP contribution in [0.3, 0.4) is 0 Å². The lowest BCUT2D eigenvalue weighted by Crippen LogP contribution is -2.27. The molecule has 0 saturated carbocycles. The maximum absolute atomic E-state index is 12.5. The zero-order valence-electron chi connectivity index (χ0n) is 13.5. The van der Waals surface area contributed by atoms with Gasteiger partial charge < -0.3 is 14.4 Å². The van der Waals surface area contributed by atoms with Crippen LogP contribution in [0.5, 0.6) is 11.5 Å². The maximum atomic E-state index is 12.5. The smallest absolute Gasteiger partial charge is 0.255 e. The van der Waals surface area contributed by atoms with Crippen LogP contribution in [0.4, 0.5) is 0 Å². The lowest BCUT2D eigenvalue weighted by Gasteiger charge is -2.21. The summed E-state index contributed by atoms with van der Waals surface area (Å²) in [6, 6.07) is 1.23. The largest absolute Gasteiger partial charge is 0.493 e. The fraction of sp³-hybridized carbons (Fsp3) is 0.500. The summed E-state index contributed by atoms with van der Waals surface area (Å²) in [5.74, 6) is 0.126. The SMILES string of the molecule is CCCc1c(OC)c(OC)cc(S(N)(=O)=O)c1C(=O)N(C)C. The van der Waals surface area contributed by atoms with Crippen molar-refractivity contribution in [2.45, 2.75) is 24.7 Å². The number of sulfonamides is 1. The van der Waals surface area contributed by atoms with E-state index in [1.807, 2.05) is 6.92 Å². The third kappa shape index (κ3) is 3.50. The summed E-state index contributed by atoms with van der Waals surface area (Å²) < 4.78 is 34.3. The Hall–Kier alpha value is -1.80. The van der Waals surface area contributed by atoms with Gasteiger partial charge in [0.25, 0.3) is 5.91 Å². The second-order valence-corrected chi connectivity index (χ2v) is 6.49. The highest BCUT2D eigenvalue weighted by atomic mass is 32.2. The van der Waals surface area contributed by atoms with E-state index in [0.717, 1.165) is 0 Å². The van der Waals surface area contributed by atoms with Gasteiger partial charge in [0, 0.05) is 25.7 Å². The van der Waals surface area contributed by atoms with Crippen LogP contribution in [0.1, 0.15) is 29.3 Å². The molecule has 0 spiro atoms. The minimum Gasteiger partial charge on any atom is -0.493 e. The maximum Gasteiger partial charge on any atom is 0.255 e. The van der Waals surface area contributed by atoms with Crippen molar-refractivity contribution in [1.82, 2.24) is 4.90 Å². The number of nitrogens with zero attached hydrogens (tertiary/aromatic N) is 1. The van der Waals surface area contributed by atoms with E-state index in [1.165, 1.54) is 25.2 Å². The molecule has 1 aromatic rings. The number of carbonyl (C=O) groups is 1. The molecule has 0 aliphatic heterocycles. The van der Waals surface area contributed by atoms with E-state index in [1.54, 1.807) is 14.1 Å². The number of nitrogens with two attached hydrogens (primary N) is 1. The second-order valence-electron chi connectivity index (χ2n) is 4.96. The van der Waals surface area contributed by atoms with Crippen molar-refractivity contribution >= 4 is 15.9 Å². The number of hydrogen-bond acceptors (Lipinski definition) is 5. The van der Waals surface area contributed by atoms with Crippen molar-refractivity contribution in [1.29, 1.82) is 0 Å². The molecule has 0 bridgehead atoms. The van der Waals surface area contributed by atoms with Crippen molar-refractivity contribution in [3.05, 3.63) is 17.2 Å². The molecule has 0 aliphatic carbocycles. The van der Waals surface area contributed by atoms with E-state index < -0.39 is 15.9 Å². The molecular formula is C14H22N2O5S. The van der Waals surface area contributed by atoms with Gasteiger partial charge in [-0.3, -0.25) is 4.79 Å². The summed E-state index contributed by atoms with van der Waals surface area (Å²) in [6.07, 6.45) is 1.15. The van der Waals surface area contributed by atoms with Crippen molar-refractivity contribution in [2.75, 3.05) is 28.3 Å². The van der Waals surface area contributed by atoms with Gasteiger partial charge in [-0.15, -0.1) is 0 Å². The number of rotatable bonds is 6. The van der Waals surface area contributed by atoms with E-state index in [2.05, 4.69) is 0 Å². The molecule has 0 aromatic heterocycles. The van der Waals surface area contributed by atoms with Gasteiger partial charge in [0.2, 0.25) is 10.0 Å². The molecule has 1 rings (SSSR count). The van der Waals surface area contributed by atoms with Crippen molar-refractivity contribution in [2.24, 2.45) is 5.14 Å². The summed E-state index contributed by atoms with van der Waals surface area (Å²) in [6.45, 7) is 1.92. The minimum atomic E-state index is -4.09. The number of methoxy groups -OCH3 is 2. The highest BCUT2D eigenvalue weighted by molar-refractivity contribution is 7.89. The molecule has 0 atom stereocenters. The van der Waals surface area contributed by atoms with Crippen molar-refractivity contribution in [3.63, 3.8) is 0 Å². The molecule has 124 valence electrons. The first-order valence-electron chi connectivity index (χ1n) is 6.71. The standard InChI is InChI=1S/C14H22N2O5S/c1-6-7-9-12(14(17)16(2)3)11(22(15,18)19)8-10(20-4)13(9)21-5/h8H,6-7H2,1-5H3,(H2,15,18,19). The summed E-state index contributed by atoms with van der Waals surface area (Å²) >= 11 is 0. The fourth-order valence-electron chi connectivity index (χ4n) is 2.21. The topological polar surface area (TPSA) is 98.9 Å². The Morgan fingerprint density at radius 1 is 1.27 bits per heavy atom. The van der Waals surface area contributed by atoms with Crippen LogP contribution in [0.2, 0.25) is 0 Å². The summed E-state index contributed by atoms with van der Waals surface area (Å²) in [5.41, 5.74) is 0.513. The third-order valence-electron chi connectivity index (χ3n) is 3.16. The molecule has 0 saturated heterocycles. The Morgan fingerprint density at radius 2 is 1.86 bits per heavy atom. The van der Waals surface area contributed by atoms with Crippen LogP contribution in [0, 0.1) is 0 Å². The number of ether oxygens (including phenoxy) is 2. The van der Waals surface area contributed by atoms with E-state index >= 15 is 0 Å². The molecule has 7 nitrogen and oxygen atoms in total. The Bertz CT molecular complexity index is 668. The summed E-state index contributed by atoms with van der Waals surface area (Å²) in [5, 5.41) is 5.28. The van der Waals surface area contributed by atoms with Crippen molar-refractivity contribution in [3.8, 4) is 11.5 Å². The van der Waals surface area contributed by atoms with Crippen LogP contribution in [0.15, 0.2) is 11.0 Å². The van der Waals surface area contributed by atoms with Gasteiger partial charge >= 0.3 is 0 Å². The van der Waals surface area contributed by atoms with E-state index in [4.69, 9.17) is 14.6 Å². The average molecular weight is 330 g/mol. The molecule has 0 radical (unpaired) electrons. The van der Waals surface area contributed by atoms with Crippen LogP contribution in [0.25, 0.3) is 0 Å². The molecule has 0 heterocycles. The van der Waals surface area contributed by atoms with Crippen LogP contribution in [-0.2, 0) is 16.4 Å². The van der Waals surface area contributed by atoms with E-state index in [0.29, 0.717) is 24.2 Å². The van der Waals surface area contributed by atoms with Gasteiger partial charge in [0.05, 0.1) is 24.7 Å². The van der Waals surface area contributed by atoms with Gasteiger partial charge in [0.1, 0.15) is 0 Å². The number of amides is 1. The number of primary sulfonamides is 1. The molecule has 2 N–H and O–H groups in total. The number of carbonyl (C=O) groups excluding carboxylic acids is 1. The van der Waals surface area contributed by atoms with Crippen LogP contribution in [-0.4, -0.2) is 47.5 Å². The highest BCUT2D eigenvalue weighted by Gasteiger charge is 2.29. The molecule has 0 aliphatic rings. The second kappa shape index (κ2) is 6.97. The zero-order valence-corrected chi connectivity index (χ0v) is 14.3. The Morgan fingerprint density at radius 3 is 2.23 bits per heavy atom. The summed E-state index contributed by atoms with van der Waals surface area (Å²) in [7, 11) is 1.83. The first kappa shape index (κ1) is 18.2. The molecule has 0 fully saturated rings. The third-order valence-corrected chi connectivity index (χ3v) is 4.09. The Balaban J connectivity index is 3.92. The van der Waals surface area contributed by atoms with Crippen molar-refractivity contribution < 1.29 is 22.7 Å². The lowest BCUT2D eigenvalue weighted by molar-refractivity contribution is 0.0822. The van der Waals surface area contributed by atoms with Crippen LogP contribution >= 0.6 is 0 Å². The Labute approximate surface area is 131 Å². The lowest BCUT2D eigenvalue weighted by atomic mass is 10.00. The van der Waals surface area contributed by atoms with Crippen LogP contribution < -0.4 is 14.6 Å². The Kier molecular flexibility index (Phi) is 5.78. The molecule has 1 amide bonds. The van der Waals surface area contributed by atoms with Gasteiger partial charge in [0.15, 0.2) is 11.5 Å². The molecule has 1 aromatic carbocycles. The van der Waals surface area contributed by atoms with Gasteiger partial charge in [-0.1, -0.05) is 13.3 Å². The predicted octanol–water partition coefficient (Wildman–Crippen LogP) is 1.01. The molecule has 22 heavy (non-hydrogen) atoms. The zero-order chi connectivity index (χ0) is 17.1. The normalized spacial score (nSPS) is 11.2. The minimum absolute atomic E-state index is 0.0343. The van der Waals surface area contributed by atoms with E-state index in [-0.39, 0.29) is 16.2 Å². The average Bonchev–Trinajstić information content (AvgIpc) is 2.44. The number of benzene rings is 1. The first-order chi connectivity index (χ1) is 10.2. The first-order valence-corrected chi connectivity index (χ1v) is 8.25. The highest BCUT2D eigenvalue weighted by Crippen LogP contribution is 2.38. The van der Waals surface area contributed by atoms with Gasteiger partial charge in [-0.25, -0.2) is 13.6 Å². The quantitative estimate of drug-likeness (QED) is 0.839. The van der Waals surface area contributed by atoms with E-state index in [9.17, 15) is 13.2 Å². The molecule has 0 unspecified atom stereocenters. The molecular weight excluding hydrogens is 308 g/mol. The van der Waals surface area contributed by atoms with Gasteiger partial charge in [-0.2, -0.15) is 0 Å². The monoisotopic (exact) mass is 330 g/mol. The summed E-state index contributed by atoms with van der Waals surface area (Å²) in [4.78, 5) is 13.5. The van der Waals surface area contributed by atoms with Gasteiger partial charge in [-0.05, 0) is 6.42 Å². The number of hydrogen-bond donors (Lipinski definition) is 1. The molecule has 8 heteroatoms. The fourth-order valence-corrected chi connectivity index (χ4v) is 2.98.